The van der Waals surface area contributed by atoms with Gasteiger partial charge in [-0.25, -0.2) is 0 Å². The molecule has 172 valence electrons. The third-order valence-electron chi connectivity index (χ3n) is 5.10. The van der Waals surface area contributed by atoms with Gasteiger partial charge in [0.2, 0.25) is 0 Å². The number of benzene rings is 2. The monoisotopic (exact) mass is 464 g/mol. The van der Waals surface area contributed by atoms with Crippen LogP contribution in [-0.4, -0.2) is 26.5 Å². The number of halogens is 3. The second kappa shape index (κ2) is 9.33. The highest BCUT2D eigenvalue weighted by Crippen LogP contribution is 2.36. The van der Waals surface area contributed by atoms with Gasteiger partial charge in [-0.15, -0.1) is 5.10 Å². The summed E-state index contributed by atoms with van der Waals surface area (Å²) in [5.74, 6) is 0.640. The quantitative estimate of drug-likeness (QED) is 0.443. The second-order valence-electron chi connectivity index (χ2n) is 7.47. The molecule has 2 aromatic carbocycles. The molecule has 0 radical (unpaired) electrons. The Kier molecular flexibility index (Phi) is 6.30. The second-order valence-corrected chi connectivity index (χ2v) is 7.47. The van der Waals surface area contributed by atoms with Gasteiger partial charge in [0.05, 0.1) is 23.5 Å². The summed E-state index contributed by atoms with van der Waals surface area (Å²) in [4.78, 5) is 0. The number of ether oxygens (including phenoxy) is 1. The van der Waals surface area contributed by atoms with E-state index >= 15 is 0 Å². The molecule has 0 amide bonds. The molecule has 0 aliphatic carbocycles. The standard InChI is InChI=1S/C24H19F3N6O/c1-33-21(12-23(32-33)24(25,26)27)20-11-18(14-30-31-20)34-22-10-16(13-29)4-7-19(22)17-5-2-15(3-6-17)8-9-28/h2-7,10-12,14H,8-9,28H2,1H3. The molecule has 2 N–H and O–H groups in total. The van der Waals surface area contributed by atoms with Gasteiger partial charge in [-0.3, -0.25) is 4.68 Å². The number of hydrogen-bond donors (Lipinski definition) is 1. The molecule has 7 nitrogen and oxygen atoms in total. The van der Waals surface area contributed by atoms with Crippen LogP contribution >= 0.6 is 0 Å². The van der Waals surface area contributed by atoms with Crippen molar-refractivity contribution in [3.8, 4) is 40.1 Å². The normalized spacial score (nSPS) is 11.3. The Bertz CT molecular complexity index is 1360. The topological polar surface area (TPSA) is 103 Å². The lowest BCUT2D eigenvalue weighted by Gasteiger charge is -2.13. The Balaban J connectivity index is 1.69. The van der Waals surface area contributed by atoms with Gasteiger partial charge in [0.25, 0.3) is 0 Å². The van der Waals surface area contributed by atoms with E-state index in [4.69, 9.17) is 10.5 Å². The molecule has 0 saturated carbocycles. The van der Waals surface area contributed by atoms with Crippen molar-refractivity contribution in [2.75, 3.05) is 6.54 Å². The first-order valence-corrected chi connectivity index (χ1v) is 10.2. The Morgan fingerprint density at radius 3 is 2.50 bits per heavy atom. The van der Waals surface area contributed by atoms with Crippen LogP contribution in [0.5, 0.6) is 11.5 Å². The summed E-state index contributed by atoms with van der Waals surface area (Å²) in [6, 6.07) is 17.3. The SMILES string of the molecule is Cn1nc(C(F)(F)F)cc1-c1cc(Oc2cc(C#N)ccc2-c2ccc(CCN)cc2)cnn1. The molecular formula is C24H19F3N6O. The van der Waals surface area contributed by atoms with E-state index in [-0.39, 0.29) is 17.1 Å². The van der Waals surface area contributed by atoms with Crippen molar-refractivity contribution < 1.29 is 17.9 Å². The van der Waals surface area contributed by atoms with Crippen molar-refractivity contribution in [1.82, 2.24) is 20.0 Å². The summed E-state index contributed by atoms with van der Waals surface area (Å²) in [7, 11) is 1.39. The van der Waals surface area contributed by atoms with Crippen LogP contribution in [0.3, 0.4) is 0 Å². The maximum absolute atomic E-state index is 13.0. The van der Waals surface area contributed by atoms with E-state index in [1.807, 2.05) is 24.3 Å². The van der Waals surface area contributed by atoms with Crippen LogP contribution in [0.2, 0.25) is 0 Å². The molecule has 0 bridgehead atoms. The van der Waals surface area contributed by atoms with Crippen LogP contribution in [-0.2, 0) is 19.6 Å². The number of nitriles is 1. The van der Waals surface area contributed by atoms with Gasteiger partial charge in [-0.2, -0.15) is 28.6 Å². The summed E-state index contributed by atoms with van der Waals surface area (Å²) in [5.41, 5.74) is 7.96. The van der Waals surface area contributed by atoms with Gasteiger partial charge in [-0.05, 0) is 48.4 Å². The van der Waals surface area contributed by atoms with Crippen molar-refractivity contribution in [2.24, 2.45) is 12.8 Å². The Morgan fingerprint density at radius 1 is 1.09 bits per heavy atom. The third-order valence-corrected chi connectivity index (χ3v) is 5.10. The maximum Gasteiger partial charge on any atom is 0.435 e. The highest BCUT2D eigenvalue weighted by Gasteiger charge is 2.35. The van der Waals surface area contributed by atoms with Crippen molar-refractivity contribution >= 4 is 0 Å². The summed E-state index contributed by atoms with van der Waals surface area (Å²) in [5, 5.41) is 20.6. The molecule has 0 atom stereocenters. The molecule has 2 heterocycles. The summed E-state index contributed by atoms with van der Waals surface area (Å²) in [6.45, 7) is 0.545. The highest BCUT2D eigenvalue weighted by molar-refractivity contribution is 5.72. The molecule has 0 aliphatic heterocycles. The molecule has 2 aromatic heterocycles. The first-order valence-electron chi connectivity index (χ1n) is 10.2. The van der Waals surface area contributed by atoms with E-state index in [0.29, 0.717) is 17.9 Å². The smallest absolute Gasteiger partial charge is 0.435 e. The molecule has 0 fully saturated rings. The maximum atomic E-state index is 13.0. The Hall–Kier alpha value is -4.23. The molecular weight excluding hydrogens is 445 g/mol. The zero-order valence-electron chi connectivity index (χ0n) is 18.0. The van der Waals surface area contributed by atoms with Crippen molar-refractivity contribution in [1.29, 1.82) is 5.26 Å². The molecule has 0 aliphatic rings. The van der Waals surface area contributed by atoms with Crippen LogP contribution in [0, 0.1) is 11.3 Å². The lowest BCUT2D eigenvalue weighted by molar-refractivity contribution is -0.141. The fraction of sp³-hybridized carbons (Fsp3) is 0.167. The van der Waals surface area contributed by atoms with E-state index in [1.165, 1.54) is 19.3 Å². The predicted octanol–water partition coefficient (Wildman–Crippen LogP) is 4.73. The summed E-state index contributed by atoms with van der Waals surface area (Å²) >= 11 is 0. The van der Waals surface area contributed by atoms with Crippen molar-refractivity contribution in [3.63, 3.8) is 0 Å². The summed E-state index contributed by atoms with van der Waals surface area (Å²) in [6.07, 6.45) is -2.48. The van der Waals surface area contributed by atoms with Gasteiger partial charge in [0.15, 0.2) is 5.69 Å². The molecule has 0 spiro atoms. The molecule has 4 rings (SSSR count). The molecule has 34 heavy (non-hydrogen) atoms. The van der Waals surface area contributed by atoms with Crippen LogP contribution in [0.15, 0.2) is 60.8 Å². The minimum atomic E-state index is -4.58. The first-order chi connectivity index (χ1) is 16.3. The number of aryl methyl sites for hydroxylation is 1. The molecule has 0 saturated heterocycles. The van der Waals surface area contributed by atoms with E-state index in [0.717, 1.165) is 33.9 Å². The van der Waals surface area contributed by atoms with E-state index in [1.54, 1.807) is 18.2 Å². The lowest BCUT2D eigenvalue weighted by Crippen LogP contribution is -2.06. The van der Waals surface area contributed by atoms with Gasteiger partial charge in [0.1, 0.15) is 17.2 Å². The zero-order chi connectivity index (χ0) is 24.3. The zero-order valence-corrected chi connectivity index (χ0v) is 18.0. The largest absolute Gasteiger partial charge is 0.455 e. The van der Waals surface area contributed by atoms with Crippen LogP contribution in [0.25, 0.3) is 22.5 Å². The van der Waals surface area contributed by atoms with Gasteiger partial charge in [0, 0.05) is 18.7 Å². The summed E-state index contributed by atoms with van der Waals surface area (Å²) < 4.78 is 46.2. The van der Waals surface area contributed by atoms with Crippen LogP contribution in [0.1, 0.15) is 16.8 Å². The lowest BCUT2D eigenvalue weighted by atomic mass is 10.0. The van der Waals surface area contributed by atoms with Crippen LogP contribution < -0.4 is 10.5 Å². The van der Waals surface area contributed by atoms with E-state index < -0.39 is 11.9 Å². The number of hydrogen-bond acceptors (Lipinski definition) is 6. The highest BCUT2D eigenvalue weighted by atomic mass is 19.4. The van der Waals surface area contributed by atoms with Crippen molar-refractivity contribution in [3.05, 3.63) is 77.6 Å². The van der Waals surface area contributed by atoms with Gasteiger partial charge in [-0.1, -0.05) is 24.3 Å². The molecule has 10 heteroatoms. The number of alkyl halides is 3. The third kappa shape index (κ3) is 4.89. The van der Waals surface area contributed by atoms with E-state index in [9.17, 15) is 18.4 Å². The Morgan fingerprint density at radius 2 is 1.85 bits per heavy atom. The fourth-order valence-corrected chi connectivity index (χ4v) is 3.43. The number of nitrogens with two attached hydrogens (primary N) is 1. The first kappa shape index (κ1) is 22.9. The predicted molar refractivity (Wildman–Crippen MR) is 119 cm³/mol. The minimum absolute atomic E-state index is 0.131. The van der Waals surface area contributed by atoms with Crippen LogP contribution in [0.4, 0.5) is 13.2 Å². The number of rotatable bonds is 6. The van der Waals surface area contributed by atoms with Gasteiger partial charge >= 0.3 is 6.18 Å². The minimum Gasteiger partial charge on any atom is -0.455 e. The fourth-order valence-electron chi connectivity index (χ4n) is 3.43. The van der Waals surface area contributed by atoms with E-state index in [2.05, 4.69) is 21.4 Å². The average Bonchev–Trinajstić information content (AvgIpc) is 3.22. The average molecular weight is 464 g/mol. The Labute approximate surface area is 193 Å². The van der Waals surface area contributed by atoms with Crippen molar-refractivity contribution in [2.45, 2.75) is 12.6 Å². The number of aromatic nitrogens is 4. The van der Waals surface area contributed by atoms with Gasteiger partial charge < -0.3 is 10.5 Å². The molecule has 0 unspecified atom stereocenters. The number of nitrogens with zero attached hydrogens (tertiary/aromatic N) is 5. The molecule has 4 aromatic rings.